The Morgan fingerprint density at radius 1 is 0.357 bits per heavy atom. The highest BCUT2D eigenvalue weighted by Gasteiger charge is 2.39. The van der Waals surface area contributed by atoms with Crippen molar-refractivity contribution in [3.63, 3.8) is 0 Å². The van der Waals surface area contributed by atoms with Crippen molar-refractivity contribution in [1.29, 1.82) is 0 Å². The highest BCUT2D eigenvalue weighted by atomic mass is 16.3. The molecule has 0 radical (unpaired) electrons. The van der Waals surface area contributed by atoms with E-state index in [0.29, 0.717) is 0 Å². The summed E-state index contributed by atoms with van der Waals surface area (Å²) < 4.78 is 6.68. The minimum Gasteiger partial charge on any atom is -0.455 e. The fourth-order valence-corrected chi connectivity index (χ4v) is 10.2. The molecule has 1 aromatic heterocycles. The van der Waals surface area contributed by atoms with E-state index in [0.717, 1.165) is 27.3 Å². The Bertz CT molecular complexity index is 3370. The van der Waals surface area contributed by atoms with Gasteiger partial charge in [-0.3, -0.25) is 0 Å². The van der Waals surface area contributed by atoms with Crippen LogP contribution < -0.4 is 0 Å². The molecular weight excluding hydrogens is 677 g/mol. The second kappa shape index (κ2) is 11.5. The maximum Gasteiger partial charge on any atom is 0.143 e. The first-order valence-corrected chi connectivity index (χ1v) is 19.6. The van der Waals surface area contributed by atoms with E-state index < -0.39 is 0 Å². The summed E-state index contributed by atoms with van der Waals surface area (Å²) in [4.78, 5) is 0. The molecule has 0 bridgehead atoms. The summed E-state index contributed by atoms with van der Waals surface area (Å²) in [6.07, 6.45) is 0. The van der Waals surface area contributed by atoms with Crippen LogP contribution in [0.3, 0.4) is 0 Å². The van der Waals surface area contributed by atoms with Gasteiger partial charge in [0.2, 0.25) is 0 Å². The van der Waals surface area contributed by atoms with E-state index in [-0.39, 0.29) is 5.41 Å². The van der Waals surface area contributed by atoms with E-state index in [4.69, 9.17) is 4.42 Å². The Hall–Kier alpha value is -6.96. The zero-order valence-corrected chi connectivity index (χ0v) is 31.2. The topological polar surface area (TPSA) is 13.1 Å². The fraction of sp³-hybridized carbons (Fsp3) is 0.0545. The fourth-order valence-electron chi connectivity index (χ4n) is 10.2. The first-order chi connectivity index (χ1) is 27.6. The summed E-state index contributed by atoms with van der Waals surface area (Å²) in [5.41, 5.74) is 14.6. The van der Waals surface area contributed by atoms with Crippen LogP contribution in [0.15, 0.2) is 186 Å². The van der Waals surface area contributed by atoms with E-state index in [1.54, 1.807) is 0 Å². The van der Waals surface area contributed by atoms with E-state index >= 15 is 0 Å². The maximum absolute atomic E-state index is 6.68. The largest absolute Gasteiger partial charge is 0.455 e. The zero-order chi connectivity index (χ0) is 37.1. The van der Waals surface area contributed by atoms with Crippen LogP contribution in [-0.2, 0) is 5.41 Å². The van der Waals surface area contributed by atoms with Crippen molar-refractivity contribution in [2.24, 2.45) is 0 Å². The predicted molar refractivity (Wildman–Crippen MR) is 238 cm³/mol. The van der Waals surface area contributed by atoms with Crippen LogP contribution >= 0.6 is 0 Å². The second-order valence-electron chi connectivity index (χ2n) is 15.9. The molecule has 0 fully saturated rings. The van der Waals surface area contributed by atoms with Gasteiger partial charge in [-0.05, 0) is 112 Å². The minimum absolute atomic E-state index is 0.180. The zero-order valence-electron chi connectivity index (χ0n) is 31.2. The number of hydrogen-bond donors (Lipinski definition) is 0. The van der Waals surface area contributed by atoms with Gasteiger partial charge in [-0.15, -0.1) is 0 Å². The number of furan rings is 1. The molecule has 0 saturated heterocycles. The van der Waals surface area contributed by atoms with Crippen molar-refractivity contribution < 1.29 is 4.42 Å². The molecule has 10 aromatic carbocycles. The van der Waals surface area contributed by atoms with E-state index in [1.165, 1.54) is 93.3 Å². The number of para-hydroxylation sites is 1. The standard InChI is InChI=1S/C55H36O/c1-55(2)48-24-11-9-22-45(48)52-43-30-31-44-37-17-10-12-25-49(37)56-54(44)47(43)32-46(53(52)55)34-26-28-35(29-27-34)50-39-18-5-7-20-41(39)51(42-21-8-6-19-40(42)50)38-23-13-15-33-14-3-4-16-36(33)38/h3-32H,1-2H3. The van der Waals surface area contributed by atoms with Gasteiger partial charge in [0.15, 0.2) is 0 Å². The summed E-state index contributed by atoms with van der Waals surface area (Å²) in [7, 11) is 0. The van der Waals surface area contributed by atoms with Gasteiger partial charge in [0.25, 0.3) is 0 Å². The second-order valence-corrected chi connectivity index (χ2v) is 15.9. The van der Waals surface area contributed by atoms with Crippen LogP contribution in [0.5, 0.6) is 0 Å². The SMILES string of the molecule is CC1(C)c2ccccc2-c2c1c(-c1ccc(-c3c4ccccc4c(-c4cccc5ccccc45)c4ccccc34)cc1)cc1c2ccc2c3ccccc3oc12. The van der Waals surface area contributed by atoms with Crippen molar-refractivity contribution in [3.05, 3.63) is 193 Å². The summed E-state index contributed by atoms with van der Waals surface area (Å²) in [5, 5.41) is 12.3. The lowest BCUT2D eigenvalue weighted by atomic mass is 9.77. The molecule has 0 amide bonds. The normalized spacial score (nSPS) is 13.3. The molecule has 0 N–H and O–H groups in total. The highest BCUT2D eigenvalue weighted by molar-refractivity contribution is 6.24. The number of hydrogen-bond acceptors (Lipinski definition) is 1. The monoisotopic (exact) mass is 712 g/mol. The van der Waals surface area contributed by atoms with Crippen molar-refractivity contribution in [1.82, 2.24) is 0 Å². The average molecular weight is 713 g/mol. The minimum atomic E-state index is -0.180. The van der Waals surface area contributed by atoms with Gasteiger partial charge >= 0.3 is 0 Å². The van der Waals surface area contributed by atoms with Gasteiger partial charge in [-0.2, -0.15) is 0 Å². The lowest BCUT2D eigenvalue weighted by Gasteiger charge is -2.25. The van der Waals surface area contributed by atoms with Gasteiger partial charge in [0, 0.05) is 21.6 Å². The molecule has 12 rings (SSSR count). The molecule has 1 aliphatic carbocycles. The van der Waals surface area contributed by atoms with Crippen LogP contribution in [-0.4, -0.2) is 0 Å². The number of fused-ring (bicyclic) bond motifs is 12. The Labute approximate surface area is 325 Å². The first-order valence-electron chi connectivity index (χ1n) is 19.6. The Kier molecular flexibility index (Phi) is 6.46. The summed E-state index contributed by atoms with van der Waals surface area (Å²) in [6, 6.07) is 67.1. The molecule has 1 heteroatoms. The van der Waals surface area contributed by atoms with Crippen LogP contribution in [0.25, 0.3) is 110 Å². The molecule has 0 unspecified atom stereocenters. The predicted octanol–water partition coefficient (Wildman–Crippen LogP) is 15.5. The van der Waals surface area contributed by atoms with Crippen molar-refractivity contribution in [2.45, 2.75) is 19.3 Å². The molecule has 1 nitrogen and oxygen atoms in total. The van der Waals surface area contributed by atoms with Crippen molar-refractivity contribution in [3.8, 4) is 44.5 Å². The van der Waals surface area contributed by atoms with Crippen LogP contribution in [0.2, 0.25) is 0 Å². The van der Waals surface area contributed by atoms with Crippen LogP contribution in [0, 0.1) is 0 Å². The van der Waals surface area contributed by atoms with Crippen LogP contribution in [0.1, 0.15) is 25.0 Å². The van der Waals surface area contributed by atoms with Gasteiger partial charge in [-0.25, -0.2) is 0 Å². The van der Waals surface area contributed by atoms with Crippen LogP contribution in [0.4, 0.5) is 0 Å². The molecule has 0 spiro atoms. The molecule has 1 heterocycles. The van der Waals surface area contributed by atoms with E-state index in [9.17, 15) is 0 Å². The van der Waals surface area contributed by atoms with Gasteiger partial charge < -0.3 is 4.42 Å². The molecule has 11 aromatic rings. The quantitative estimate of drug-likeness (QED) is 0.166. The lowest BCUT2D eigenvalue weighted by molar-refractivity contribution is 0.662. The van der Waals surface area contributed by atoms with E-state index in [2.05, 4.69) is 196 Å². The first kappa shape index (κ1) is 31.4. The molecule has 56 heavy (non-hydrogen) atoms. The average Bonchev–Trinajstić information content (AvgIpc) is 3.75. The Morgan fingerprint density at radius 2 is 0.893 bits per heavy atom. The third-order valence-corrected chi connectivity index (χ3v) is 12.6. The van der Waals surface area contributed by atoms with Crippen molar-refractivity contribution >= 4 is 65.0 Å². The Morgan fingerprint density at radius 3 is 1.64 bits per heavy atom. The highest BCUT2D eigenvalue weighted by Crippen LogP contribution is 2.56. The third-order valence-electron chi connectivity index (χ3n) is 12.6. The van der Waals surface area contributed by atoms with Gasteiger partial charge in [0.1, 0.15) is 11.2 Å². The van der Waals surface area contributed by atoms with Gasteiger partial charge in [-0.1, -0.05) is 178 Å². The summed E-state index contributed by atoms with van der Waals surface area (Å²) >= 11 is 0. The molecule has 1 aliphatic rings. The smallest absolute Gasteiger partial charge is 0.143 e. The molecule has 262 valence electrons. The number of rotatable bonds is 3. The molecular formula is C55H36O. The van der Waals surface area contributed by atoms with E-state index in [1.807, 2.05) is 0 Å². The lowest BCUT2D eigenvalue weighted by Crippen LogP contribution is -2.16. The third kappa shape index (κ3) is 4.26. The summed E-state index contributed by atoms with van der Waals surface area (Å²) in [6.45, 7) is 4.77. The molecule has 0 aliphatic heterocycles. The number of benzene rings is 10. The van der Waals surface area contributed by atoms with Crippen molar-refractivity contribution in [2.75, 3.05) is 0 Å². The maximum atomic E-state index is 6.68. The Balaban J connectivity index is 1.11. The molecule has 0 saturated carbocycles. The molecule has 0 atom stereocenters. The summed E-state index contributed by atoms with van der Waals surface area (Å²) in [5.74, 6) is 0. The van der Waals surface area contributed by atoms with Gasteiger partial charge in [0.05, 0.1) is 0 Å².